The smallest absolute Gasteiger partial charge is 0.433 e. The number of ether oxygens (including phenoxy) is 1. The van der Waals surface area contributed by atoms with Crippen LogP contribution < -0.4 is 0 Å². The van der Waals surface area contributed by atoms with Crippen LogP contribution in [0.4, 0.5) is 13.6 Å². The van der Waals surface area contributed by atoms with E-state index in [4.69, 9.17) is 4.74 Å². The molecule has 3 aromatic carbocycles. The van der Waals surface area contributed by atoms with Crippen LogP contribution >= 0.6 is 0 Å². The maximum atomic E-state index is 12.1. The standard InChI is InChI=1S/C18H15S.C13H18F2O6S/c1-4-10-16(11-5-1)19(17-12-6-2-7-13-17)18-14-8-3-9-15-18;14-10(15)22(18,19)21-11(16)20-7-12-2-8-1-9(3-12)5-13(17,4-8)6-12/h1-15H;8-10,17H,1-7H2/q+1;. The first-order chi connectivity index (χ1) is 19.6. The lowest BCUT2D eigenvalue weighted by atomic mass is 9.48. The van der Waals surface area contributed by atoms with Gasteiger partial charge in [-0.25, -0.2) is 4.79 Å². The van der Waals surface area contributed by atoms with Crippen molar-refractivity contribution in [3.8, 4) is 0 Å². The number of hydrogen-bond donors (Lipinski definition) is 1. The second kappa shape index (κ2) is 12.1. The summed E-state index contributed by atoms with van der Waals surface area (Å²) in [6.45, 7) is -0.111. The first-order valence-electron chi connectivity index (χ1n) is 13.6. The zero-order valence-electron chi connectivity index (χ0n) is 22.4. The van der Waals surface area contributed by atoms with E-state index < -0.39 is 33.0 Å². The summed E-state index contributed by atoms with van der Waals surface area (Å²) >= 11 is 0. The van der Waals surface area contributed by atoms with Crippen molar-refractivity contribution in [3.05, 3.63) is 91.0 Å². The molecule has 0 amide bonds. The SMILES string of the molecule is O=C(OCC12CC3CC(CC(O)(C3)C1)C2)OS(=O)(=O)C(F)F.c1ccc([S+](c2ccccc2)c2ccccc2)cc1. The van der Waals surface area contributed by atoms with Gasteiger partial charge in [0.25, 0.3) is 0 Å². The highest BCUT2D eigenvalue weighted by Gasteiger charge is 2.57. The lowest BCUT2D eigenvalue weighted by Crippen LogP contribution is -2.57. The van der Waals surface area contributed by atoms with Gasteiger partial charge in [0.15, 0.2) is 14.7 Å². The zero-order chi connectivity index (χ0) is 29.1. The summed E-state index contributed by atoms with van der Waals surface area (Å²) in [5, 5.41) is 10.5. The van der Waals surface area contributed by atoms with Crippen LogP contribution in [0.3, 0.4) is 0 Å². The number of aliphatic hydroxyl groups is 1. The summed E-state index contributed by atoms with van der Waals surface area (Å²) < 4.78 is 54.3. The highest BCUT2D eigenvalue weighted by molar-refractivity contribution is 7.97. The first kappa shape index (κ1) is 29.5. The number of hydrogen-bond acceptors (Lipinski definition) is 6. The molecule has 41 heavy (non-hydrogen) atoms. The minimum Gasteiger partial charge on any atom is -0.433 e. The largest absolute Gasteiger partial charge is 0.524 e. The van der Waals surface area contributed by atoms with Gasteiger partial charge < -0.3 is 14.0 Å². The lowest BCUT2D eigenvalue weighted by Gasteiger charge is -2.59. The van der Waals surface area contributed by atoms with Crippen LogP contribution in [0.5, 0.6) is 0 Å². The second-order valence-electron chi connectivity index (χ2n) is 11.3. The summed E-state index contributed by atoms with van der Waals surface area (Å²) in [4.78, 5) is 15.4. The molecule has 0 aromatic heterocycles. The number of rotatable bonds is 7. The lowest BCUT2D eigenvalue weighted by molar-refractivity contribution is -0.176. The summed E-state index contributed by atoms with van der Waals surface area (Å²) in [7, 11) is -5.26. The van der Waals surface area contributed by atoms with Gasteiger partial charge in [-0.3, -0.25) is 0 Å². The topological polar surface area (TPSA) is 89.9 Å². The predicted molar refractivity (Wildman–Crippen MR) is 151 cm³/mol. The molecule has 4 fully saturated rings. The predicted octanol–water partition coefficient (Wildman–Crippen LogP) is 6.81. The van der Waals surface area contributed by atoms with Gasteiger partial charge >= 0.3 is 22.0 Å². The van der Waals surface area contributed by atoms with Gasteiger partial charge in [0, 0.05) is 5.41 Å². The van der Waals surface area contributed by atoms with Crippen molar-refractivity contribution in [2.24, 2.45) is 17.3 Å². The van der Waals surface area contributed by atoms with Gasteiger partial charge in [0.1, 0.15) is 6.61 Å². The highest BCUT2D eigenvalue weighted by Crippen LogP contribution is 2.61. The second-order valence-corrected chi connectivity index (χ2v) is 14.8. The van der Waals surface area contributed by atoms with E-state index in [-0.39, 0.29) is 17.5 Å². The summed E-state index contributed by atoms with van der Waals surface area (Å²) in [5.41, 5.74) is -1.14. The Kier molecular flexibility index (Phi) is 8.73. The summed E-state index contributed by atoms with van der Waals surface area (Å²) in [6.07, 6.45) is 2.98. The molecule has 4 saturated carbocycles. The molecule has 218 valence electrons. The Hall–Kier alpha value is -2.95. The van der Waals surface area contributed by atoms with Crippen molar-refractivity contribution in [2.45, 2.75) is 64.6 Å². The molecule has 0 saturated heterocycles. The van der Waals surface area contributed by atoms with Crippen molar-refractivity contribution in [3.63, 3.8) is 0 Å². The molecule has 2 unspecified atom stereocenters. The Morgan fingerprint density at radius 3 is 1.66 bits per heavy atom. The summed E-state index contributed by atoms with van der Waals surface area (Å²) in [5.74, 6) is -3.05. The van der Waals surface area contributed by atoms with E-state index in [1.54, 1.807) is 0 Å². The number of alkyl halides is 2. The van der Waals surface area contributed by atoms with Gasteiger partial charge in [-0.15, -0.1) is 0 Å². The molecular formula is C31H33F2O6S2+. The van der Waals surface area contributed by atoms with Crippen LogP contribution in [-0.4, -0.2) is 37.6 Å². The number of carbonyl (C=O) groups excluding carboxylic acids is 1. The van der Waals surface area contributed by atoms with Crippen LogP contribution in [0.1, 0.15) is 38.5 Å². The van der Waals surface area contributed by atoms with Crippen LogP contribution in [0.2, 0.25) is 0 Å². The average molecular weight is 604 g/mol. The van der Waals surface area contributed by atoms with Crippen molar-refractivity contribution < 1.29 is 36.0 Å². The number of benzene rings is 3. The molecule has 0 aliphatic heterocycles. The molecule has 0 radical (unpaired) electrons. The van der Waals surface area contributed by atoms with Crippen LogP contribution in [0.15, 0.2) is 106 Å². The Morgan fingerprint density at radius 2 is 1.27 bits per heavy atom. The molecule has 4 bridgehead atoms. The van der Waals surface area contributed by atoms with Crippen LogP contribution in [-0.2, 0) is 29.9 Å². The minimum atomic E-state index is -5.24. The fourth-order valence-corrected chi connectivity index (χ4v) is 9.43. The monoisotopic (exact) mass is 603 g/mol. The van der Waals surface area contributed by atoms with Crippen molar-refractivity contribution in [2.75, 3.05) is 6.61 Å². The average Bonchev–Trinajstić information content (AvgIpc) is 2.93. The fourth-order valence-electron chi connectivity index (χ4n) is 7.02. The van der Waals surface area contributed by atoms with E-state index in [0.29, 0.717) is 18.3 Å². The third-order valence-corrected chi connectivity index (χ3v) is 11.0. The van der Waals surface area contributed by atoms with Gasteiger partial charge in [0.2, 0.25) is 0 Å². The number of halogens is 2. The first-order valence-corrected chi connectivity index (χ1v) is 16.3. The van der Waals surface area contributed by atoms with Gasteiger partial charge in [-0.1, -0.05) is 54.6 Å². The Balaban J connectivity index is 0.000000166. The molecule has 7 rings (SSSR count). The van der Waals surface area contributed by atoms with E-state index in [9.17, 15) is 27.1 Å². The molecule has 0 spiro atoms. The van der Waals surface area contributed by atoms with E-state index in [1.807, 2.05) is 0 Å². The van der Waals surface area contributed by atoms with Gasteiger partial charge in [-0.2, -0.15) is 17.2 Å². The number of carbonyl (C=O) groups is 1. The van der Waals surface area contributed by atoms with E-state index >= 15 is 0 Å². The quantitative estimate of drug-likeness (QED) is 0.181. The molecule has 6 nitrogen and oxygen atoms in total. The van der Waals surface area contributed by atoms with Gasteiger partial charge in [-0.05, 0) is 86.8 Å². The minimum absolute atomic E-state index is 0.0146. The Bertz CT molecular complexity index is 1310. The molecule has 4 aliphatic rings. The van der Waals surface area contributed by atoms with Crippen LogP contribution in [0, 0.1) is 17.3 Å². The highest BCUT2D eigenvalue weighted by atomic mass is 32.2. The van der Waals surface area contributed by atoms with Gasteiger partial charge in [0.05, 0.1) is 16.5 Å². The molecule has 10 heteroatoms. The molecule has 3 aromatic rings. The molecule has 4 aliphatic carbocycles. The van der Waals surface area contributed by atoms with E-state index in [1.165, 1.54) is 14.7 Å². The van der Waals surface area contributed by atoms with Crippen molar-refractivity contribution in [1.29, 1.82) is 0 Å². The van der Waals surface area contributed by atoms with Crippen molar-refractivity contribution in [1.82, 2.24) is 0 Å². The molecular weight excluding hydrogens is 570 g/mol. The summed E-state index contributed by atoms with van der Waals surface area (Å²) in [6, 6.07) is 32.2. The molecule has 0 heterocycles. The third kappa shape index (κ3) is 7.10. The fraction of sp³-hybridized carbons (Fsp3) is 0.387. The molecule has 2 atom stereocenters. The maximum absolute atomic E-state index is 12.1. The maximum Gasteiger partial charge on any atom is 0.524 e. The van der Waals surface area contributed by atoms with E-state index in [0.717, 1.165) is 32.1 Å². The normalized spacial score (nSPS) is 26.4. The third-order valence-electron chi connectivity index (χ3n) is 7.99. The Morgan fingerprint density at radius 1 is 0.829 bits per heavy atom. The van der Waals surface area contributed by atoms with Crippen LogP contribution in [0.25, 0.3) is 0 Å². The Labute approximate surface area is 242 Å². The van der Waals surface area contributed by atoms with Crippen molar-refractivity contribution >= 4 is 27.2 Å². The van der Waals surface area contributed by atoms with E-state index in [2.05, 4.69) is 95.2 Å². The molecule has 1 N–H and O–H groups in total. The zero-order valence-corrected chi connectivity index (χ0v) is 24.0.